The first kappa shape index (κ1) is 18.6. The maximum absolute atomic E-state index is 13.0. The smallest absolute Gasteiger partial charge is 0.336 e. The molecule has 3 aromatic carbocycles. The third-order valence-electron chi connectivity index (χ3n) is 4.13. The second-order valence-electron chi connectivity index (χ2n) is 5.78. The van der Waals surface area contributed by atoms with Gasteiger partial charge in [-0.1, -0.05) is 12.1 Å². The topological polar surface area (TPSA) is 124 Å². The molecule has 138 valence electrons. The molecule has 0 amide bonds. The van der Waals surface area contributed by atoms with Crippen LogP contribution in [-0.4, -0.2) is 32.4 Å². The number of carboxylic acid groups (broad SMARTS) is 1. The van der Waals surface area contributed by atoms with E-state index in [1.165, 1.54) is 49.6 Å². The molecule has 0 atom stereocenters. The van der Waals surface area contributed by atoms with Crippen LogP contribution in [0.1, 0.15) is 26.3 Å². The average molecular weight is 385 g/mol. The molecule has 3 N–H and O–H groups in total. The Kier molecular flexibility index (Phi) is 4.69. The average Bonchev–Trinajstić information content (AvgIpc) is 2.65. The molecule has 0 aliphatic carbocycles. The van der Waals surface area contributed by atoms with Crippen molar-refractivity contribution in [2.24, 2.45) is 5.14 Å². The number of hydrogen-bond acceptors (Lipinski definition) is 5. The van der Waals surface area contributed by atoms with Gasteiger partial charge in [-0.15, -0.1) is 0 Å². The highest BCUT2D eigenvalue weighted by Gasteiger charge is 2.22. The van der Waals surface area contributed by atoms with Gasteiger partial charge in [-0.05, 0) is 53.2 Å². The Labute approximate surface area is 155 Å². The predicted octanol–water partition coefficient (Wildman–Crippen LogP) is 2.43. The van der Waals surface area contributed by atoms with E-state index in [0.29, 0.717) is 16.5 Å². The Balaban J connectivity index is 2.25. The summed E-state index contributed by atoms with van der Waals surface area (Å²) in [5.74, 6) is -1.20. The fourth-order valence-electron chi connectivity index (χ4n) is 2.79. The number of nitrogens with two attached hydrogens (primary N) is 1. The van der Waals surface area contributed by atoms with Crippen molar-refractivity contribution in [3.8, 4) is 5.75 Å². The Hall–Kier alpha value is -3.23. The van der Waals surface area contributed by atoms with Crippen LogP contribution in [0.25, 0.3) is 10.8 Å². The summed E-state index contributed by atoms with van der Waals surface area (Å²) in [5, 5.41) is 15.4. The molecule has 0 unspecified atom stereocenters. The van der Waals surface area contributed by atoms with Gasteiger partial charge in [0.25, 0.3) is 0 Å². The van der Waals surface area contributed by atoms with Gasteiger partial charge in [-0.25, -0.2) is 18.4 Å². The number of fused-ring (bicyclic) bond motifs is 1. The normalized spacial score (nSPS) is 11.3. The number of ether oxygens (including phenoxy) is 1. The number of benzene rings is 3. The van der Waals surface area contributed by atoms with E-state index >= 15 is 0 Å². The number of ketones is 1. The van der Waals surface area contributed by atoms with Crippen LogP contribution >= 0.6 is 0 Å². The number of aromatic carboxylic acids is 1. The Morgan fingerprint density at radius 3 is 2.22 bits per heavy atom. The highest BCUT2D eigenvalue weighted by Crippen LogP contribution is 2.28. The first-order chi connectivity index (χ1) is 12.7. The molecule has 7 nitrogen and oxygen atoms in total. The van der Waals surface area contributed by atoms with E-state index in [4.69, 9.17) is 9.88 Å². The van der Waals surface area contributed by atoms with Crippen molar-refractivity contribution in [3.05, 3.63) is 71.3 Å². The van der Waals surface area contributed by atoms with Crippen molar-refractivity contribution in [3.63, 3.8) is 0 Å². The van der Waals surface area contributed by atoms with Gasteiger partial charge < -0.3 is 9.84 Å². The van der Waals surface area contributed by atoms with Crippen molar-refractivity contribution in [2.75, 3.05) is 7.11 Å². The van der Waals surface area contributed by atoms with E-state index in [0.717, 1.165) is 0 Å². The molecular weight excluding hydrogens is 370 g/mol. The molecule has 27 heavy (non-hydrogen) atoms. The molecule has 0 spiro atoms. The van der Waals surface area contributed by atoms with E-state index in [-0.39, 0.29) is 21.6 Å². The molecule has 0 bridgehead atoms. The molecule has 0 aliphatic heterocycles. The molecule has 0 radical (unpaired) electrons. The lowest BCUT2D eigenvalue weighted by atomic mass is 9.92. The van der Waals surface area contributed by atoms with E-state index in [1.54, 1.807) is 12.1 Å². The number of rotatable bonds is 5. The Bertz CT molecular complexity index is 1170. The fourth-order valence-corrected chi connectivity index (χ4v) is 3.34. The minimum absolute atomic E-state index is 0.0221. The maximum atomic E-state index is 13.0. The number of carbonyl (C=O) groups excluding carboxylic acids is 1. The van der Waals surface area contributed by atoms with Gasteiger partial charge in [0.05, 0.1) is 17.6 Å². The first-order valence-electron chi connectivity index (χ1n) is 7.74. The second-order valence-corrected chi connectivity index (χ2v) is 7.34. The van der Waals surface area contributed by atoms with E-state index in [9.17, 15) is 23.1 Å². The fraction of sp³-hybridized carbons (Fsp3) is 0.0526. The van der Waals surface area contributed by atoms with Crippen LogP contribution in [0.2, 0.25) is 0 Å². The molecule has 0 saturated carbocycles. The van der Waals surface area contributed by atoms with Crippen LogP contribution in [0.4, 0.5) is 0 Å². The van der Waals surface area contributed by atoms with Gasteiger partial charge in [0.2, 0.25) is 10.0 Å². The van der Waals surface area contributed by atoms with Gasteiger partial charge in [0, 0.05) is 11.1 Å². The quantitative estimate of drug-likeness (QED) is 0.650. The molecule has 3 rings (SSSR count). The summed E-state index contributed by atoms with van der Waals surface area (Å²) in [6.07, 6.45) is 0. The SMILES string of the molecule is COc1ccc(C(=O)c2c(C(=O)O)ccc3cc(S(N)(=O)=O)ccc23)cc1. The molecule has 0 fully saturated rings. The Morgan fingerprint density at radius 2 is 1.67 bits per heavy atom. The Morgan fingerprint density at radius 1 is 1.00 bits per heavy atom. The molecule has 8 heteroatoms. The maximum Gasteiger partial charge on any atom is 0.336 e. The summed E-state index contributed by atoms with van der Waals surface area (Å²) in [6.45, 7) is 0. The van der Waals surface area contributed by atoms with Gasteiger partial charge in [-0.3, -0.25) is 4.79 Å². The van der Waals surface area contributed by atoms with Crippen LogP contribution in [0.5, 0.6) is 5.75 Å². The summed E-state index contributed by atoms with van der Waals surface area (Å²) in [4.78, 5) is 24.5. The monoisotopic (exact) mass is 385 g/mol. The van der Waals surface area contributed by atoms with Crippen molar-refractivity contribution >= 4 is 32.5 Å². The van der Waals surface area contributed by atoms with Crippen molar-refractivity contribution in [1.29, 1.82) is 0 Å². The molecular formula is C19H15NO6S. The number of sulfonamides is 1. The zero-order valence-electron chi connectivity index (χ0n) is 14.2. The second kappa shape index (κ2) is 6.82. The van der Waals surface area contributed by atoms with E-state index in [1.807, 2.05) is 0 Å². The number of methoxy groups -OCH3 is 1. The summed E-state index contributed by atoms with van der Waals surface area (Å²) < 4.78 is 28.2. The summed E-state index contributed by atoms with van der Waals surface area (Å²) in [6, 6.07) is 12.9. The van der Waals surface area contributed by atoms with Gasteiger partial charge >= 0.3 is 5.97 Å². The number of primary sulfonamides is 1. The summed E-state index contributed by atoms with van der Waals surface area (Å²) in [7, 11) is -2.44. The summed E-state index contributed by atoms with van der Waals surface area (Å²) >= 11 is 0. The molecule has 0 aliphatic rings. The molecule has 0 heterocycles. The van der Waals surface area contributed by atoms with Crippen LogP contribution in [0, 0.1) is 0 Å². The molecule has 0 saturated heterocycles. The predicted molar refractivity (Wildman–Crippen MR) is 98.7 cm³/mol. The lowest BCUT2D eigenvalue weighted by Crippen LogP contribution is -2.13. The van der Waals surface area contributed by atoms with Crippen LogP contribution in [0.15, 0.2) is 59.5 Å². The standard InChI is InChI=1S/C19H15NO6S/c1-26-13-5-2-11(3-6-13)18(21)17-15-9-7-14(27(20,24)25)10-12(15)4-8-16(17)19(22)23/h2-10H,1H3,(H,22,23)(H2,20,24,25). The van der Waals surface area contributed by atoms with Crippen LogP contribution in [-0.2, 0) is 10.0 Å². The van der Waals surface area contributed by atoms with Crippen molar-refractivity contribution in [2.45, 2.75) is 4.90 Å². The lowest BCUT2D eigenvalue weighted by Gasteiger charge is -2.11. The molecule has 3 aromatic rings. The largest absolute Gasteiger partial charge is 0.497 e. The third-order valence-corrected chi connectivity index (χ3v) is 5.04. The van der Waals surface area contributed by atoms with Gasteiger partial charge in [0.1, 0.15) is 5.75 Å². The summed E-state index contributed by atoms with van der Waals surface area (Å²) in [5.41, 5.74) is 0.0825. The minimum Gasteiger partial charge on any atom is -0.497 e. The van der Waals surface area contributed by atoms with Crippen LogP contribution in [0.3, 0.4) is 0 Å². The lowest BCUT2D eigenvalue weighted by molar-refractivity contribution is 0.0693. The van der Waals surface area contributed by atoms with Gasteiger partial charge in [-0.2, -0.15) is 0 Å². The third kappa shape index (κ3) is 3.53. The van der Waals surface area contributed by atoms with Gasteiger partial charge in [0.15, 0.2) is 5.78 Å². The zero-order chi connectivity index (χ0) is 19.8. The zero-order valence-corrected chi connectivity index (χ0v) is 15.0. The number of carboxylic acids is 1. The minimum atomic E-state index is -3.93. The highest BCUT2D eigenvalue weighted by atomic mass is 32.2. The van der Waals surface area contributed by atoms with Crippen LogP contribution < -0.4 is 9.88 Å². The first-order valence-corrected chi connectivity index (χ1v) is 9.28. The highest BCUT2D eigenvalue weighted by molar-refractivity contribution is 7.89. The van der Waals surface area contributed by atoms with Crippen molar-refractivity contribution in [1.82, 2.24) is 0 Å². The van der Waals surface area contributed by atoms with Crippen molar-refractivity contribution < 1.29 is 27.9 Å². The van der Waals surface area contributed by atoms with E-state index < -0.39 is 21.8 Å². The molecule has 0 aromatic heterocycles. The number of carbonyl (C=O) groups is 2. The number of hydrogen-bond donors (Lipinski definition) is 2. The van der Waals surface area contributed by atoms with E-state index in [2.05, 4.69) is 0 Å².